The van der Waals surface area contributed by atoms with E-state index in [9.17, 15) is 4.79 Å². The summed E-state index contributed by atoms with van der Waals surface area (Å²) >= 11 is 0. The van der Waals surface area contributed by atoms with Crippen molar-refractivity contribution >= 4 is 16.9 Å². The summed E-state index contributed by atoms with van der Waals surface area (Å²) in [5.74, 6) is 0.482. The highest BCUT2D eigenvalue weighted by Crippen LogP contribution is 2.29. The van der Waals surface area contributed by atoms with Crippen LogP contribution < -0.4 is 4.74 Å². The van der Waals surface area contributed by atoms with Crippen LogP contribution in [0.4, 0.5) is 0 Å². The molecule has 4 nitrogen and oxygen atoms in total. The molecule has 1 aromatic heterocycles. The van der Waals surface area contributed by atoms with Gasteiger partial charge in [0.15, 0.2) is 0 Å². The molecule has 0 spiro atoms. The van der Waals surface area contributed by atoms with Gasteiger partial charge in [-0.25, -0.2) is 0 Å². The number of carboxylic acids is 1. The minimum absolute atomic E-state index is 0.0227. The second kappa shape index (κ2) is 3.89. The monoisotopic (exact) mass is 220 g/mol. The fraction of sp³-hybridized carbons (Fsp3) is 0.250. The number of aliphatic carboxylic acids is 1. The number of carboxylic acid groups (broad SMARTS) is 1. The average Bonchev–Trinajstić information content (AvgIpc) is 2.54. The van der Waals surface area contributed by atoms with Crippen molar-refractivity contribution in [2.45, 2.75) is 13.3 Å². The zero-order chi connectivity index (χ0) is 11.7. The molecule has 0 fully saturated rings. The highest BCUT2D eigenvalue weighted by molar-refractivity contribution is 5.87. The Morgan fingerprint density at radius 3 is 2.88 bits per heavy atom. The van der Waals surface area contributed by atoms with Gasteiger partial charge in [0.2, 0.25) is 0 Å². The molecule has 4 heteroatoms. The summed E-state index contributed by atoms with van der Waals surface area (Å²) in [5.41, 5.74) is 1.39. The molecule has 0 unspecified atom stereocenters. The van der Waals surface area contributed by atoms with E-state index < -0.39 is 5.97 Å². The first kappa shape index (κ1) is 10.5. The number of ether oxygens (including phenoxy) is 1. The van der Waals surface area contributed by atoms with Crippen LogP contribution in [-0.2, 0) is 11.2 Å². The number of rotatable bonds is 3. The van der Waals surface area contributed by atoms with E-state index in [1.54, 1.807) is 26.2 Å². The summed E-state index contributed by atoms with van der Waals surface area (Å²) in [5, 5.41) is 9.64. The van der Waals surface area contributed by atoms with Crippen molar-refractivity contribution < 1.29 is 19.1 Å². The maximum atomic E-state index is 10.7. The molecule has 0 amide bonds. The molecule has 1 heterocycles. The second-order valence-corrected chi connectivity index (χ2v) is 3.57. The fourth-order valence-electron chi connectivity index (χ4n) is 1.75. The predicted octanol–water partition coefficient (Wildman–Crippen LogP) is 2.38. The standard InChI is InChI=1S/C12H12O4/c1-7-10(6-12(13)14)9-4-3-8(15-2)5-11(9)16-7/h3-5H,6H2,1-2H3,(H,13,14). The first-order chi connectivity index (χ1) is 7.61. The third-order valence-electron chi connectivity index (χ3n) is 2.53. The van der Waals surface area contributed by atoms with E-state index >= 15 is 0 Å². The van der Waals surface area contributed by atoms with E-state index in [1.807, 2.05) is 6.07 Å². The molecule has 0 radical (unpaired) electrons. The van der Waals surface area contributed by atoms with Crippen LogP contribution in [0.3, 0.4) is 0 Å². The van der Waals surface area contributed by atoms with Gasteiger partial charge in [-0.15, -0.1) is 0 Å². The minimum Gasteiger partial charge on any atom is -0.497 e. The molecular formula is C12H12O4. The summed E-state index contributed by atoms with van der Waals surface area (Å²) in [6.45, 7) is 1.77. The van der Waals surface area contributed by atoms with Crippen LogP contribution in [-0.4, -0.2) is 18.2 Å². The van der Waals surface area contributed by atoms with Gasteiger partial charge < -0.3 is 14.3 Å². The molecule has 1 aromatic carbocycles. The SMILES string of the molecule is COc1ccc2c(CC(=O)O)c(C)oc2c1. The predicted molar refractivity (Wildman–Crippen MR) is 58.8 cm³/mol. The molecule has 0 bridgehead atoms. The van der Waals surface area contributed by atoms with Gasteiger partial charge in [0.05, 0.1) is 13.5 Å². The number of benzene rings is 1. The van der Waals surface area contributed by atoms with Crippen molar-refractivity contribution in [1.29, 1.82) is 0 Å². The zero-order valence-corrected chi connectivity index (χ0v) is 9.11. The van der Waals surface area contributed by atoms with Gasteiger partial charge in [-0.05, 0) is 19.1 Å². The highest BCUT2D eigenvalue weighted by atomic mass is 16.5. The van der Waals surface area contributed by atoms with Crippen LogP contribution in [0.1, 0.15) is 11.3 Å². The Hall–Kier alpha value is -1.97. The Morgan fingerprint density at radius 2 is 2.25 bits per heavy atom. The minimum atomic E-state index is -0.860. The zero-order valence-electron chi connectivity index (χ0n) is 9.11. The van der Waals surface area contributed by atoms with Gasteiger partial charge >= 0.3 is 5.97 Å². The molecule has 0 aliphatic carbocycles. The molecule has 0 aliphatic heterocycles. The van der Waals surface area contributed by atoms with Crippen molar-refractivity contribution in [2.24, 2.45) is 0 Å². The van der Waals surface area contributed by atoms with E-state index in [1.165, 1.54) is 0 Å². The van der Waals surface area contributed by atoms with E-state index in [4.69, 9.17) is 14.3 Å². The molecule has 0 aliphatic rings. The van der Waals surface area contributed by atoms with Gasteiger partial charge in [0, 0.05) is 17.0 Å². The lowest BCUT2D eigenvalue weighted by Gasteiger charge is -1.98. The Balaban J connectivity index is 2.57. The third kappa shape index (κ3) is 1.74. The second-order valence-electron chi connectivity index (χ2n) is 3.57. The Labute approximate surface area is 92.4 Å². The molecule has 1 N–H and O–H groups in total. The first-order valence-electron chi connectivity index (χ1n) is 4.89. The van der Waals surface area contributed by atoms with E-state index in [-0.39, 0.29) is 6.42 Å². The maximum absolute atomic E-state index is 10.7. The Bertz CT molecular complexity index is 539. The van der Waals surface area contributed by atoms with Crippen LogP contribution in [0.5, 0.6) is 5.75 Å². The third-order valence-corrected chi connectivity index (χ3v) is 2.53. The molecule has 16 heavy (non-hydrogen) atoms. The lowest BCUT2D eigenvalue weighted by molar-refractivity contribution is -0.136. The van der Waals surface area contributed by atoms with Crippen molar-refractivity contribution in [3.8, 4) is 5.75 Å². The summed E-state index contributed by atoms with van der Waals surface area (Å²) < 4.78 is 10.6. The number of carbonyl (C=O) groups is 1. The lowest BCUT2D eigenvalue weighted by atomic mass is 10.1. The van der Waals surface area contributed by atoms with Crippen LogP contribution >= 0.6 is 0 Å². The van der Waals surface area contributed by atoms with Crippen molar-refractivity contribution in [2.75, 3.05) is 7.11 Å². The lowest BCUT2D eigenvalue weighted by Crippen LogP contribution is -2.00. The van der Waals surface area contributed by atoms with Crippen LogP contribution in [0.25, 0.3) is 11.0 Å². The number of hydrogen-bond acceptors (Lipinski definition) is 3. The topological polar surface area (TPSA) is 59.7 Å². The summed E-state index contributed by atoms with van der Waals surface area (Å²) in [6, 6.07) is 5.37. The van der Waals surface area contributed by atoms with Crippen LogP contribution in [0.15, 0.2) is 22.6 Å². The molecule has 2 rings (SSSR count). The fourth-order valence-corrected chi connectivity index (χ4v) is 1.75. The molecule has 0 atom stereocenters. The van der Waals surface area contributed by atoms with E-state index in [0.29, 0.717) is 17.1 Å². The summed E-state index contributed by atoms with van der Waals surface area (Å²) in [6.07, 6.45) is -0.0227. The number of hydrogen-bond donors (Lipinski definition) is 1. The van der Waals surface area contributed by atoms with Crippen molar-refractivity contribution in [1.82, 2.24) is 0 Å². The molecular weight excluding hydrogens is 208 g/mol. The Morgan fingerprint density at radius 1 is 1.50 bits per heavy atom. The number of aryl methyl sites for hydroxylation is 1. The van der Waals surface area contributed by atoms with Gasteiger partial charge in [-0.1, -0.05) is 0 Å². The van der Waals surface area contributed by atoms with Crippen molar-refractivity contribution in [3.63, 3.8) is 0 Å². The normalized spacial score (nSPS) is 10.6. The van der Waals surface area contributed by atoms with Gasteiger partial charge in [-0.3, -0.25) is 4.79 Å². The average molecular weight is 220 g/mol. The van der Waals surface area contributed by atoms with Gasteiger partial charge in [0.1, 0.15) is 17.1 Å². The van der Waals surface area contributed by atoms with Gasteiger partial charge in [0.25, 0.3) is 0 Å². The maximum Gasteiger partial charge on any atom is 0.307 e. The summed E-state index contributed by atoms with van der Waals surface area (Å²) in [7, 11) is 1.58. The Kier molecular flexibility index (Phi) is 2.56. The number of methoxy groups -OCH3 is 1. The summed E-state index contributed by atoms with van der Waals surface area (Å²) in [4.78, 5) is 10.7. The smallest absolute Gasteiger partial charge is 0.307 e. The molecule has 0 saturated carbocycles. The van der Waals surface area contributed by atoms with Crippen LogP contribution in [0.2, 0.25) is 0 Å². The van der Waals surface area contributed by atoms with Crippen LogP contribution in [0, 0.1) is 6.92 Å². The largest absolute Gasteiger partial charge is 0.497 e. The molecule has 84 valence electrons. The highest BCUT2D eigenvalue weighted by Gasteiger charge is 2.14. The van der Waals surface area contributed by atoms with Gasteiger partial charge in [-0.2, -0.15) is 0 Å². The van der Waals surface area contributed by atoms with E-state index in [0.717, 1.165) is 10.9 Å². The van der Waals surface area contributed by atoms with E-state index in [2.05, 4.69) is 0 Å². The molecule has 2 aromatic rings. The first-order valence-corrected chi connectivity index (χ1v) is 4.89. The number of fused-ring (bicyclic) bond motifs is 1. The molecule has 0 saturated heterocycles. The number of furan rings is 1. The quantitative estimate of drug-likeness (QED) is 0.862. The van der Waals surface area contributed by atoms with Crippen molar-refractivity contribution in [3.05, 3.63) is 29.5 Å².